The highest BCUT2D eigenvalue weighted by atomic mass is 32.3. The summed E-state index contributed by atoms with van der Waals surface area (Å²) in [7, 11) is -6.73. The van der Waals surface area contributed by atoms with Crippen LogP contribution in [0.1, 0.15) is 25.7 Å². The zero-order chi connectivity index (χ0) is 10.4. The molecule has 1 aliphatic carbocycles. The minimum atomic E-state index is -3.38. The SMILES string of the molecule is O=S1(=O)C[C@@H]2CCCC[C@H]2S(=O)(=O)C1. The highest BCUT2D eigenvalue weighted by Crippen LogP contribution is 2.35. The van der Waals surface area contributed by atoms with Crippen molar-refractivity contribution in [3.05, 3.63) is 0 Å². The van der Waals surface area contributed by atoms with Gasteiger partial charge in [0.1, 0.15) is 0 Å². The van der Waals surface area contributed by atoms with E-state index < -0.39 is 24.8 Å². The maximum absolute atomic E-state index is 11.7. The molecule has 0 radical (unpaired) electrons. The van der Waals surface area contributed by atoms with Gasteiger partial charge in [0.05, 0.1) is 11.0 Å². The topological polar surface area (TPSA) is 68.3 Å². The van der Waals surface area contributed by atoms with Gasteiger partial charge in [-0.1, -0.05) is 12.8 Å². The van der Waals surface area contributed by atoms with Gasteiger partial charge in [0.25, 0.3) is 0 Å². The van der Waals surface area contributed by atoms with Crippen molar-refractivity contribution in [2.75, 3.05) is 10.8 Å². The lowest BCUT2D eigenvalue weighted by Gasteiger charge is -2.34. The van der Waals surface area contributed by atoms with Crippen molar-refractivity contribution < 1.29 is 16.8 Å². The molecule has 2 fully saturated rings. The van der Waals surface area contributed by atoms with E-state index in [-0.39, 0.29) is 16.9 Å². The normalized spacial score (nSPS) is 40.0. The van der Waals surface area contributed by atoms with Crippen LogP contribution in [-0.4, -0.2) is 32.9 Å². The van der Waals surface area contributed by atoms with Crippen LogP contribution in [0.2, 0.25) is 0 Å². The van der Waals surface area contributed by atoms with Gasteiger partial charge in [-0.25, -0.2) is 16.8 Å². The number of sulfone groups is 2. The molecule has 0 aromatic heterocycles. The van der Waals surface area contributed by atoms with Gasteiger partial charge in [-0.2, -0.15) is 0 Å². The quantitative estimate of drug-likeness (QED) is 0.610. The molecule has 4 nitrogen and oxygen atoms in total. The molecule has 82 valence electrons. The predicted molar refractivity (Wildman–Crippen MR) is 53.3 cm³/mol. The standard InChI is InChI=1S/C8H14O4S2/c9-13(10)5-7-3-1-2-4-8(7)14(11,12)6-13/h7-8H,1-6H2/t7-,8+/m0/s1. The van der Waals surface area contributed by atoms with Crippen LogP contribution in [0, 0.1) is 5.92 Å². The fourth-order valence-corrected chi connectivity index (χ4v) is 8.15. The Morgan fingerprint density at radius 3 is 2.29 bits per heavy atom. The average molecular weight is 238 g/mol. The highest BCUT2D eigenvalue weighted by Gasteiger charge is 2.44. The Hall–Kier alpha value is -0.100. The summed E-state index contributed by atoms with van der Waals surface area (Å²) in [5.41, 5.74) is 0. The highest BCUT2D eigenvalue weighted by molar-refractivity contribution is 8.08. The molecular formula is C8H14O4S2. The molecule has 6 heteroatoms. The summed E-state index contributed by atoms with van der Waals surface area (Å²) in [5, 5.41) is -0.999. The van der Waals surface area contributed by atoms with Crippen LogP contribution in [0.25, 0.3) is 0 Å². The van der Waals surface area contributed by atoms with E-state index in [1.54, 1.807) is 0 Å². The molecule has 2 rings (SSSR count). The molecule has 0 spiro atoms. The molecule has 0 aromatic rings. The molecule has 1 saturated heterocycles. The van der Waals surface area contributed by atoms with Gasteiger partial charge in [0.15, 0.2) is 24.8 Å². The summed E-state index contributed by atoms with van der Waals surface area (Å²) in [4.78, 5) is 0. The second-order valence-electron chi connectivity index (χ2n) is 4.27. The summed E-state index contributed by atoms with van der Waals surface area (Å²) in [6.07, 6.45) is 3.29. The molecule has 14 heavy (non-hydrogen) atoms. The molecule has 0 bridgehead atoms. The molecular weight excluding hydrogens is 224 g/mol. The number of fused-ring (bicyclic) bond motifs is 1. The molecule has 0 aromatic carbocycles. The number of rotatable bonds is 0. The summed E-state index contributed by atoms with van der Waals surface area (Å²) in [6, 6.07) is 0. The third-order valence-corrected chi connectivity index (χ3v) is 8.34. The molecule has 0 N–H and O–H groups in total. The average Bonchev–Trinajstić information content (AvgIpc) is 2.00. The first-order valence-corrected chi connectivity index (χ1v) is 8.36. The maximum atomic E-state index is 11.7. The van der Waals surface area contributed by atoms with Gasteiger partial charge >= 0.3 is 0 Å². The third kappa shape index (κ3) is 1.82. The van der Waals surface area contributed by atoms with E-state index in [1.165, 1.54) is 0 Å². The summed E-state index contributed by atoms with van der Waals surface area (Å²) < 4.78 is 46.0. The van der Waals surface area contributed by atoms with Gasteiger partial charge in [0, 0.05) is 0 Å². The van der Waals surface area contributed by atoms with Crippen molar-refractivity contribution in [3.63, 3.8) is 0 Å². The number of hydrogen-bond acceptors (Lipinski definition) is 4. The van der Waals surface area contributed by atoms with Crippen molar-refractivity contribution in [1.82, 2.24) is 0 Å². The lowest BCUT2D eigenvalue weighted by Crippen LogP contribution is -2.45. The Balaban J connectivity index is 2.37. The summed E-state index contributed by atoms with van der Waals surface area (Å²) in [6.45, 7) is 0. The van der Waals surface area contributed by atoms with Crippen molar-refractivity contribution in [2.45, 2.75) is 30.9 Å². The van der Waals surface area contributed by atoms with Crippen molar-refractivity contribution >= 4 is 19.7 Å². The Morgan fingerprint density at radius 1 is 0.929 bits per heavy atom. The smallest absolute Gasteiger partial charge is 0.167 e. The van der Waals surface area contributed by atoms with E-state index in [0.29, 0.717) is 6.42 Å². The van der Waals surface area contributed by atoms with Crippen LogP contribution < -0.4 is 0 Å². The first-order chi connectivity index (χ1) is 6.41. The molecule has 1 saturated carbocycles. The fourth-order valence-electron chi connectivity index (χ4n) is 2.55. The van der Waals surface area contributed by atoms with Crippen molar-refractivity contribution in [1.29, 1.82) is 0 Å². The monoisotopic (exact) mass is 238 g/mol. The fraction of sp³-hybridized carbons (Fsp3) is 1.00. The van der Waals surface area contributed by atoms with E-state index in [9.17, 15) is 16.8 Å². The molecule has 0 unspecified atom stereocenters. The molecule has 2 atom stereocenters. The Bertz CT molecular complexity index is 420. The van der Waals surface area contributed by atoms with E-state index in [0.717, 1.165) is 19.3 Å². The van der Waals surface area contributed by atoms with Crippen molar-refractivity contribution in [3.8, 4) is 0 Å². The van der Waals surface area contributed by atoms with Gasteiger partial charge in [-0.3, -0.25) is 0 Å². The van der Waals surface area contributed by atoms with Crippen molar-refractivity contribution in [2.24, 2.45) is 5.92 Å². The predicted octanol–water partition coefficient (Wildman–Crippen LogP) is 0.346. The largest absolute Gasteiger partial charge is 0.228 e. The van der Waals surface area contributed by atoms with Crippen LogP contribution in [0.5, 0.6) is 0 Å². The first-order valence-electron chi connectivity index (χ1n) is 4.83. The molecule has 1 aliphatic heterocycles. The van der Waals surface area contributed by atoms with Crippen LogP contribution in [0.4, 0.5) is 0 Å². The second kappa shape index (κ2) is 3.20. The molecule has 0 amide bonds. The van der Waals surface area contributed by atoms with Gasteiger partial charge in [0.2, 0.25) is 0 Å². The lowest BCUT2D eigenvalue weighted by molar-refractivity contribution is 0.377. The van der Waals surface area contributed by atoms with E-state index >= 15 is 0 Å². The molecule has 1 heterocycles. The molecule has 2 aliphatic rings. The van der Waals surface area contributed by atoms with Crippen LogP contribution in [-0.2, 0) is 19.7 Å². The summed E-state index contributed by atoms with van der Waals surface area (Å²) >= 11 is 0. The van der Waals surface area contributed by atoms with Crippen LogP contribution >= 0.6 is 0 Å². The Kier molecular flexibility index (Phi) is 2.38. The Morgan fingerprint density at radius 2 is 1.57 bits per heavy atom. The van der Waals surface area contributed by atoms with Gasteiger partial charge in [-0.15, -0.1) is 0 Å². The first kappa shape index (κ1) is 10.4. The van der Waals surface area contributed by atoms with Crippen LogP contribution in [0.3, 0.4) is 0 Å². The maximum Gasteiger partial charge on any atom is 0.167 e. The lowest BCUT2D eigenvalue weighted by atomic mass is 9.90. The third-order valence-electron chi connectivity index (χ3n) is 3.11. The van der Waals surface area contributed by atoms with Crippen LogP contribution in [0.15, 0.2) is 0 Å². The Labute approximate surface area is 84.5 Å². The van der Waals surface area contributed by atoms with E-state index in [2.05, 4.69) is 0 Å². The van der Waals surface area contributed by atoms with Gasteiger partial charge in [-0.05, 0) is 18.8 Å². The zero-order valence-electron chi connectivity index (χ0n) is 7.85. The minimum Gasteiger partial charge on any atom is -0.228 e. The minimum absolute atomic E-state index is 0.0803. The second-order valence-corrected chi connectivity index (χ2v) is 8.97. The van der Waals surface area contributed by atoms with Gasteiger partial charge < -0.3 is 0 Å². The zero-order valence-corrected chi connectivity index (χ0v) is 9.48. The van der Waals surface area contributed by atoms with E-state index in [4.69, 9.17) is 0 Å². The summed E-state index contributed by atoms with van der Waals surface area (Å²) in [5.74, 6) is -0.0517. The number of hydrogen-bond donors (Lipinski definition) is 0. The van der Waals surface area contributed by atoms with E-state index in [1.807, 2.05) is 0 Å².